The van der Waals surface area contributed by atoms with Crippen molar-refractivity contribution in [3.63, 3.8) is 0 Å². The summed E-state index contributed by atoms with van der Waals surface area (Å²) in [5.74, 6) is -0.692. The Morgan fingerprint density at radius 3 is 2.80 bits per heavy atom. The lowest BCUT2D eigenvalue weighted by molar-refractivity contribution is -0.145. The fourth-order valence-corrected chi connectivity index (χ4v) is 4.48. The van der Waals surface area contributed by atoms with E-state index in [1.807, 2.05) is 11.4 Å². The average Bonchev–Trinajstić information content (AvgIpc) is 2.94. The van der Waals surface area contributed by atoms with Crippen LogP contribution in [0.1, 0.15) is 36.2 Å². The van der Waals surface area contributed by atoms with Crippen molar-refractivity contribution in [1.82, 2.24) is 9.80 Å². The summed E-state index contributed by atoms with van der Waals surface area (Å²) in [4.78, 5) is 17.7. The summed E-state index contributed by atoms with van der Waals surface area (Å²) < 4.78 is 0. The Bertz CT molecular complexity index is 480. The van der Waals surface area contributed by atoms with E-state index in [0.29, 0.717) is 6.04 Å². The zero-order chi connectivity index (χ0) is 14.1. The van der Waals surface area contributed by atoms with E-state index in [-0.39, 0.29) is 0 Å². The van der Waals surface area contributed by atoms with Crippen molar-refractivity contribution in [2.45, 2.75) is 38.3 Å². The average molecular weight is 294 g/mol. The number of carbonyl (C=O) groups is 1. The molecule has 0 aliphatic carbocycles. The summed E-state index contributed by atoms with van der Waals surface area (Å²) in [6.07, 6.45) is 3.19. The molecular weight excluding hydrogens is 272 g/mol. The third kappa shape index (κ3) is 2.50. The molecule has 1 saturated heterocycles. The normalized spacial score (nSPS) is 25.6. The van der Waals surface area contributed by atoms with E-state index in [4.69, 9.17) is 0 Å². The molecule has 1 unspecified atom stereocenters. The van der Waals surface area contributed by atoms with Crippen LogP contribution in [0.15, 0.2) is 11.4 Å². The number of nitrogens with zero attached hydrogens (tertiary/aromatic N) is 2. The van der Waals surface area contributed by atoms with Gasteiger partial charge in [-0.3, -0.25) is 9.69 Å². The molecule has 1 atom stereocenters. The molecule has 20 heavy (non-hydrogen) atoms. The van der Waals surface area contributed by atoms with Crippen LogP contribution in [0.5, 0.6) is 0 Å². The van der Waals surface area contributed by atoms with Crippen LogP contribution < -0.4 is 0 Å². The number of piperidine rings is 1. The summed E-state index contributed by atoms with van der Waals surface area (Å²) in [5.41, 5.74) is 1.03. The van der Waals surface area contributed by atoms with Gasteiger partial charge in [0.05, 0.1) is 0 Å². The molecule has 0 spiro atoms. The van der Waals surface area contributed by atoms with Gasteiger partial charge in [0.15, 0.2) is 0 Å². The molecule has 0 saturated carbocycles. The fourth-order valence-electron chi connectivity index (χ4n) is 3.57. The van der Waals surface area contributed by atoms with Gasteiger partial charge < -0.3 is 10.0 Å². The lowest BCUT2D eigenvalue weighted by Crippen LogP contribution is -2.50. The summed E-state index contributed by atoms with van der Waals surface area (Å²) in [7, 11) is 0. The van der Waals surface area contributed by atoms with Gasteiger partial charge in [0.1, 0.15) is 6.04 Å². The smallest absolute Gasteiger partial charge is 0.325 e. The number of thiophene rings is 1. The van der Waals surface area contributed by atoms with Crippen molar-refractivity contribution in [3.05, 3.63) is 21.9 Å². The van der Waals surface area contributed by atoms with E-state index in [2.05, 4.69) is 16.7 Å². The molecule has 1 aromatic rings. The lowest BCUT2D eigenvalue weighted by atomic mass is 9.94. The van der Waals surface area contributed by atoms with Gasteiger partial charge in [-0.1, -0.05) is 6.92 Å². The number of carboxylic acids is 1. The molecule has 1 aromatic heterocycles. The van der Waals surface area contributed by atoms with Crippen LogP contribution in [0.2, 0.25) is 0 Å². The number of likely N-dealkylation sites (tertiary alicyclic amines) is 1. The van der Waals surface area contributed by atoms with Crippen LogP contribution in [0.25, 0.3) is 0 Å². The zero-order valence-electron chi connectivity index (χ0n) is 11.9. The Morgan fingerprint density at radius 2 is 2.15 bits per heavy atom. The maximum absolute atomic E-state index is 11.7. The zero-order valence-corrected chi connectivity index (χ0v) is 12.7. The molecule has 5 heteroatoms. The first kappa shape index (κ1) is 14.0. The molecule has 2 aliphatic heterocycles. The Morgan fingerprint density at radius 1 is 1.40 bits per heavy atom. The van der Waals surface area contributed by atoms with Gasteiger partial charge in [-0.2, -0.15) is 0 Å². The van der Waals surface area contributed by atoms with E-state index >= 15 is 0 Å². The minimum Gasteiger partial charge on any atom is -0.480 e. The third-order valence-corrected chi connectivity index (χ3v) is 5.71. The molecule has 4 nitrogen and oxygen atoms in total. The lowest BCUT2D eigenvalue weighted by Gasteiger charge is -2.42. The molecule has 0 aromatic carbocycles. The number of aliphatic carboxylic acids is 1. The van der Waals surface area contributed by atoms with Gasteiger partial charge in [0.2, 0.25) is 0 Å². The predicted molar refractivity (Wildman–Crippen MR) is 80.2 cm³/mol. The second-order valence-electron chi connectivity index (χ2n) is 5.69. The highest BCUT2D eigenvalue weighted by Crippen LogP contribution is 2.36. The highest BCUT2D eigenvalue weighted by atomic mass is 32.1. The molecule has 3 heterocycles. The molecule has 3 rings (SSSR count). The molecule has 0 bridgehead atoms. The van der Waals surface area contributed by atoms with Gasteiger partial charge in [0, 0.05) is 17.5 Å². The Balaban J connectivity index is 1.78. The fraction of sp³-hybridized carbons (Fsp3) is 0.667. The molecule has 2 aliphatic rings. The topological polar surface area (TPSA) is 43.8 Å². The van der Waals surface area contributed by atoms with Crippen molar-refractivity contribution in [1.29, 1.82) is 0 Å². The van der Waals surface area contributed by atoms with Crippen molar-refractivity contribution in [3.8, 4) is 0 Å². The number of fused-ring (bicyclic) bond motifs is 1. The maximum atomic E-state index is 11.7. The Hall–Kier alpha value is -0.910. The molecule has 110 valence electrons. The highest BCUT2D eigenvalue weighted by molar-refractivity contribution is 7.10. The first-order chi connectivity index (χ1) is 9.70. The summed E-state index contributed by atoms with van der Waals surface area (Å²) >= 11 is 1.70. The van der Waals surface area contributed by atoms with Crippen LogP contribution in [-0.4, -0.2) is 53.1 Å². The standard InChI is InChI=1S/C15H22N2O2S/c1-2-16-7-3-11(4-8-16)17-9-5-13-12(6-10-20-13)14(17)15(18)19/h6,10-11,14H,2-5,7-9H2,1H3,(H,18,19). The summed E-state index contributed by atoms with van der Waals surface area (Å²) in [6, 6.07) is 2.00. The second kappa shape index (κ2) is 5.84. The largest absolute Gasteiger partial charge is 0.480 e. The minimum absolute atomic E-state index is 0.423. The van der Waals surface area contributed by atoms with Crippen LogP contribution in [0, 0.1) is 0 Å². The molecular formula is C15H22N2O2S. The SMILES string of the molecule is CCN1CCC(N2CCc3sccc3C2C(=O)O)CC1. The quantitative estimate of drug-likeness (QED) is 0.928. The summed E-state index contributed by atoms with van der Waals surface area (Å²) in [5, 5.41) is 11.7. The number of hydrogen-bond donors (Lipinski definition) is 1. The van der Waals surface area contributed by atoms with E-state index < -0.39 is 12.0 Å². The van der Waals surface area contributed by atoms with Gasteiger partial charge in [-0.25, -0.2) is 0 Å². The first-order valence-electron chi connectivity index (χ1n) is 7.48. The highest BCUT2D eigenvalue weighted by Gasteiger charge is 2.38. The van der Waals surface area contributed by atoms with E-state index in [1.165, 1.54) is 4.88 Å². The van der Waals surface area contributed by atoms with E-state index in [9.17, 15) is 9.90 Å². The third-order valence-electron chi connectivity index (χ3n) is 4.71. The van der Waals surface area contributed by atoms with Crippen LogP contribution in [0.3, 0.4) is 0 Å². The van der Waals surface area contributed by atoms with Gasteiger partial charge in [-0.15, -0.1) is 11.3 Å². The first-order valence-corrected chi connectivity index (χ1v) is 8.36. The predicted octanol–water partition coefficient (Wildman–Crippen LogP) is 2.22. The molecule has 1 N–H and O–H groups in total. The van der Waals surface area contributed by atoms with E-state index in [0.717, 1.165) is 51.0 Å². The van der Waals surface area contributed by atoms with Gasteiger partial charge in [-0.05, 0) is 55.9 Å². The monoisotopic (exact) mass is 294 g/mol. The Labute approximate surface area is 124 Å². The second-order valence-corrected chi connectivity index (χ2v) is 6.69. The maximum Gasteiger partial charge on any atom is 0.325 e. The van der Waals surface area contributed by atoms with Crippen LogP contribution in [0.4, 0.5) is 0 Å². The van der Waals surface area contributed by atoms with Crippen molar-refractivity contribution >= 4 is 17.3 Å². The van der Waals surface area contributed by atoms with Gasteiger partial charge >= 0.3 is 5.97 Å². The van der Waals surface area contributed by atoms with Crippen molar-refractivity contribution in [2.24, 2.45) is 0 Å². The molecule has 0 amide bonds. The van der Waals surface area contributed by atoms with Crippen LogP contribution in [-0.2, 0) is 11.2 Å². The number of rotatable bonds is 3. The van der Waals surface area contributed by atoms with Crippen molar-refractivity contribution < 1.29 is 9.90 Å². The molecule has 0 radical (unpaired) electrons. The van der Waals surface area contributed by atoms with Crippen LogP contribution >= 0.6 is 11.3 Å². The van der Waals surface area contributed by atoms with E-state index in [1.54, 1.807) is 11.3 Å². The van der Waals surface area contributed by atoms with Gasteiger partial charge in [0.25, 0.3) is 0 Å². The summed E-state index contributed by atoms with van der Waals surface area (Å²) in [6.45, 7) is 6.38. The van der Waals surface area contributed by atoms with Crippen molar-refractivity contribution in [2.75, 3.05) is 26.2 Å². The number of hydrogen-bond acceptors (Lipinski definition) is 4. The number of carboxylic acid groups (broad SMARTS) is 1. The minimum atomic E-state index is -0.692. The molecule has 1 fully saturated rings. The Kier molecular flexibility index (Phi) is 4.10.